The summed E-state index contributed by atoms with van der Waals surface area (Å²) in [6.07, 6.45) is -1.31. The Morgan fingerprint density at radius 1 is 1.21 bits per heavy atom. The van der Waals surface area contributed by atoms with Crippen LogP contribution < -0.4 is 0 Å². The highest BCUT2D eigenvalue weighted by Gasteiger charge is 2.35. The van der Waals surface area contributed by atoms with Crippen LogP contribution in [-0.2, 0) is 6.18 Å². The average molecular weight is 266 g/mol. The molecule has 0 amide bonds. The van der Waals surface area contributed by atoms with Crippen molar-refractivity contribution in [3.63, 3.8) is 0 Å². The number of nitrogens with zero attached hydrogens (tertiary/aromatic N) is 2. The number of alkyl halides is 3. The smallest absolute Gasteiger partial charge is 0.287 e. The standard InChI is InChI=1S/C13H9F3N2O/c1-8-3-2-5-18-11(8)12(19)9-7-17-6-4-10(9)13(14,15)16/h2-7H,1H3. The van der Waals surface area contributed by atoms with Gasteiger partial charge in [0.1, 0.15) is 5.69 Å². The molecule has 0 bridgehead atoms. The molecule has 0 aliphatic rings. The van der Waals surface area contributed by atoms with Gasteiger partial charge in [0, 0.05) is 18.6 Å². The minimum atomic E-state index is -4.60. The van der Waals surface area contributed by atoms with Crippen molar-refractivity contribution in [2.24, 2.45) is 0 Å². The van der Waals surface area contributed by atoms with Gasteiger partial charge in [0.15, 0.2) is 0 Å². The van der Waals surface area contributed by atoms with Crippen LogP contribution in [0.5, 0.6) is 0 Å². The Kier molecular flexibility index (Phi) is 3.33. The molecule has 98 valence electrons. The predicted molar refractivity (Wildman–Crippen MR) is 61.6 cm³/mol. The second-order valence-corrected chi connectivity index (χ2v) is 3.92. The van der Waals surface area contributed by atoms with Crippen LogP contribution in [0.4, 0.5) is 13.2 Å². The summed E-state index contributed by atoms with van der Waals surface area (Å²) in [6, 6.07) is 4.01. The van der Waals surface area contributed by atoms with Gasteiger partial charge in [0.2, 0.25) is 5.78 Å². The van der Waals surface area contributed by atoms with Crippen molar-refractivity contribution in [3.8, 4) is 0 Å². The molecule has 0 aromatic carbocycles. The van der Waals surface area contributed by atoms with E-state index in [0.29, 0.717) is 5.56 Å². The average Bonchev–Trinajstić information content (AvgIpc) is 2.37. The first-order chi connectivity index (χ1) is 8.91. The highest BCUT2D eigenvalue weighted by Crippen LogP contribution is 2.32. The molecule has 2 aromatic heterocycles. The Balaban J connectivity index is 2.55. The zero-order valence-corrected chi connectivity index (χ0v) is 9.90. The maximum atomic E-state index is 12.8. The van der Waals surface area contributed by atoms with E-state index in [1.807, 2.05) is 0 Å². The summed E-state index contributed by atoms with van der Waals surface area (Å²) in [5, 5.41) is 0. The largest absolute Gasteiger partial charge is 0.417 e. The monoisotopic (exact) mass is 266 g/mol. The molecule has 0 saturated heterocycles. The van der Waals surface area contributed by atoms with Crippen molar-refractivity contribution in [3.05, 3.63) is 59.2 Å². The fraction of sp³-hybridized carbons (Fsp3) is 0.154. The zero-order valence-electron chi connectivity index (χ0n) is 9.90. The molecule has 0 N–H and O–H groups in total. The quantitative estimate of drug-likeness (QED) is 0.785. The second-order valence-electron chi connectivity index (χ2n) is 3.92. The van der Waals surface area contributed by atoms with Gasteiger partial charge in [-0.1, -0.05) is 6.07 Å². The Morgan fingerprint density at radius 3 is 2.58 bits per heavy atom. The van der Waals surface area contributed by atoms with Gasteiger partial charge in [0.05, 0.1) is 11.1 Å². The summed E-state index contributed by atoms with van der Waals surface area (Å²) >= 11 is 0. The van der Waals surface area contributed by atoms with Crippen molar-refractivity contribution in [1.29, 1.82) is 0 Å². The summed E-state index contributed by atoms with van der Waals surface area (Å²) in [5.41, 5.74) is -0.972. The van der Waals surface area contributed by atoms with E-state index in [9.17, 15) is 18.0 Å². The number of rotatable bonds is 2. The molecular formula is C13H9F3N2O. The first kappa shape index (κ1) is 13.2. The van der Waals surface area contributed by atoms with E-state index in [1.54, 1.807) is 19.1 Å². The molecule has 3 nitrogen and oxygen atoms in total. The van der Waals surface area contributed by atoms with Crippen molar-refractivity contribution >= 4 is 5.78 Å². The number of hydrogen-bond donors (Lipinski definition) is 0. The Bertz CT molecular complexity index is 623. The predicted octanol–water partition coefficient (Wildman–Crippen LogP) is 3.03. The number of hydrogen-bond acceptors (Lipinski definition) is 3. The highest BCUT2D eigenvalue weighted by atomic mass is 19.4. The van der Waals surface area contributed by atoms with E-state index in [1.165, 1.54) is 6.20 Å². The molecule has 19 heavy (non-hydrogen) atoms. The summed E-state index contributed by atoms with van der Waals surface area (Å²) in [5.74, 6) is -0.779. The molecule has 2 aromatic rings. The topological polar surface area (TPSA) is 42.9 Å². The van der Waals surface area contributed by atoms with Crippen LogP contribution >= 0.6 is 0 Å². The Morgan fingerprint density at radius 2 is 1.95 bits per heavy atom. The van der Waals surface area contributed by atoms with E-state index in [0.717, 1.165) is 18.5 Å². The van der Waals surface area contributed by atoms with Crippen molar-refractivity contribution in [1.82, 2.24) is 9.97 Å². The zero-order chi connectivity index (χ0) is 14.0. The number of ketones is 1. The van der Waals surface area contributed by atoms with Crippen molar-refractivity contribution in [2.75, 3.05) is 0 Å². The van der Waals surface area contributed by atoms with Gasteiger partial charge in [0.25, 0.3) is 0 Å². The van der Waals surface area contributed by atoms with Crippen LogP contribution in [0.3, 0.4) is 0 Å². The first-order valence-electron chi connectivity index (χ1n) is 5.39. The maximum absolute atomic E-state index is 12.8. The first-order valence-corrected chi connectivity index (χ1v) is 5.39. The van der Waals surface area contributed by atoms with E-state index >= 15 is 0 Å². The summed E-state index contributed by atoms with van der Waals surface area (Å²) in [4.78, 5) is 19.6. The summed E-state index contributed by atoms with van der Waals surface area (Å²) in [7, 11) is 0. The molecule has 0 unspecified atom stereocenters. The van der Waals surface area contributed by atoms with E-state index in [-0.39, 0.29) is 5.69 Å². The van der Waals surface area contributed by atoms with Crippen LogP contribution in [-0.4, -0.2) is 15.8 Å². The lowest BCUT2D eigenvalue weighted by Crippen LogP contribution is -2.15. The maximum Gasteiger partial charge on any atom is 0.417 e. The molecule has 2 heterocycles. The van der Waals surface area contributed by atoms with Gasteiger partial charge in [-0.2, -0.15) is 13.2 Å². The molecule has 0 radical (unpaired) electrons. The fourth-order valence-electron chi connectivity index (χ4n) is 1.67. The summed E-state index contributed by atoms with van der Waals surface area (Å²) in [6.45, 7) is 1.61. The molecule has 0 spiro atoms. The fourth-order valence-corrected chi connectivity index (χ4v) is 1.67. The molecule has 2 rings (SSSR count). The van der Waals surface area contributed by atoms with Crippen LogP contribution in [0.1, 0.15) is 27.2 Å². The number of aryl methyl sites for hydroxylation is 1. The van der Waals surface area contributed by atoms with Gasteiger partial charge in [-0.05, 0) is 24.6 Å². The third-order valence-electron chi connectivity index (χ3n) is 2.60. The molecular weight excluding hydrogens is 257 g/mol. The van der Waals surface area contributed by atoms with Crippen LogP contribution in [0.15, 0.2) is 36.8 Å². The van der Waals surface area contributed by atoms with Crippen molar-refractivity contribution < 1.29 is 18.0 Å². The molecule has 0 saturated carbocycles. The Labute approximate surface area is 107 Å². The van der Waals surface area contributed by atoms with Gasteiger partial charge in [-0.25, -0.2) is 0 Å². The van der Waals surface area contributed by atoms with Gasteiger partial charge in [-0.15, -0.1) is 0 Å². The normalized spacial score (nSPS) is 11.4. The third-order valence-corrected chi connectivity index (χ3v) is 2.60. The van der Waals surface area contributed by atoms with Crippen LogP contribution in [0.2, 0.25) is 0 Å². The van der Waals surface area contributed by atoms with Crippen molar-refractivity contribution in [2.45, 2.75) is 13.1 Å². The number of carbonyl (C=O) groups excluding carboxylic acids is 1. The molecule has 0 aliphatic heterocycles. The summed E-state index contributed by atoms with van der Waals surface area (Å²) < 4.78 is 38.5. The number of halogens is 3. The molecule has 0 atom stereocenters. The number of aromatic nitrogens is 2. The van der Waals surface area contributed by atoms with E-state index in [4.69, 9.17) is 0 Å². The lowest BCUT2D eigenvalue weighted by atomic mass is 10.0. The van der Waals surface area contributed by atoms with Crippen LogP contribution in [0.25, 0.3) is 0 Å². The Hall–Kier alpha value is -2.24. The van der Waals surface area contributed by atoms with Crippen LogP contribution in [0, 0.1) is 6.92 Å². The second kappa shape index (κ2) is 4.79. The molecule has 6 heteroatoms. The number of pyridine rings is 2. The lowest BCUT2D eigenvalue weighted by molar-refractivity contribution is -0.137. The molecule has 0 aliphatic carbocycles. The lowest BCUT2D eigenvalue weighted by Gasteiger charge is -2.11. The van der Waals surface area contributed by atoms with Gasteiger partial charge in [-0.3, -0.25) is 14.8 Å². The molecule has 0 fully saturated rings. The van der Waals surface area contributed by atoms with Gasteiger partial charge >= 0.3 is 6.18 Å². The number of carbonyl (C=O) groups is 1. The van der Waals surface area contributed by atoms with E-state index in [2.05, 4.69) is 9.97 Å². The van der Waals surface area contributed by atoms with E-state index < -0.39 is 23.1 Å². The highest BCUT2D eigenvalue weighted by molar-refractivity contribution is 6.09. The van der Waals surface area contributed by atoms with Gasteiger partial charge < -0.3 is 0 Å². The minimum Gasteiger partial charge on any atom is -0.287 e. The minimum absolute atomic E-state index is 0.000926. The SMILES string of the molecule is Cc1cccnc1C(=O)c1cnccc1C(F)(F)F. The third kappa shape index (κ3) is 2.62.